The Balaban J connectivity index is 1.68. The minimum atomic E-state index is 0.665. The predicted octanol–water partition coefficient (Wildman–Crippen LogP) is 4.81. The van der Waals surface area contributed by atoms with Gasteiger partial charge >= 0.3 is 0 Å². The van der Waals surface area contributed by atoms with Gasteiger partial charge < -0.3 is 5.32 Å². The van der Waals surface area contributed by atoms with E-state index in [0.717, 1.165) is 23.1 Å². The van der Waals surface area contributed by atoms with Crippen LogP contribution in [0.4, 0.5) is 17.3 Å². The fourth-order valence-electron chi connectivity index (χ4n) is 3.68. The van der Waals surface area contributed by atoms with Crippen molar-refractivity contribution in [2.75, 3.05) is 10.2 Å². The SMILES string of the molecule is C=C1Nc2ccc(C3CCC(C)CC3)cc2N1c1ncccn1. The van der Waals surface area contributed by atoms with Gasteiger partial charge in [-0.15, -0.1) is 0 Å². The van der Waals surface area contributed by atoms with E-state index >= 15 is 0 Å². The van der Waals surface area contributed by atoms with Crippen LogP contribution in [0.2, 0.25) is 0 Å². The highest BCUT2D eigenvalue weighted by atomic mass is 15.4. The molecule has 1 saturated carbocycles. The van der Waals surface area contributed by atoms with Crippen LogP contribution in [0.3, 0.4) is 0 Å². The number of rotatable bonds is 2. The monoisotopic (exact) mass is 306 g/mol. The van der Waals surface area contributed by atoms with E-state index in [0.29, 0.717) is 11.9 Å². The van der Waals surface area contributed by atoms with Crippen molar-refractivity contribution in [2.45, 2.75) is 38.5 Å². The number of hydrogen-bond donors (Lipinski definition) is 1. The number of benzene rings is 1. The van der Waals surface area contributed by atoms with E-state index < -0.39 is 0 Å². The molecule has 0 atom stereocenters. The Labute approximate surface area is 137 Å². The molecular formula is C19H22N4. The third-order valence-electron chi connectivity index (χ3n) is 5.05. The third kappa shape index (κ3) is 2.58. The Morgan fingerprint density at radius 1 is 1.13 bits per heavy atom. The molecule has 4 heteroatoms. The zero-order chi connectivity index (χ0) is 15.8. The van der Waals surface area contributed by atoms with E-state index in [1.807, 2.05) is 11.0 Å². The van der Waals surface area contributed by atoms with Crippen molar-refractivity contribution in [3.63, 3.8) is 0 Å². The molecule has 2 aromatic rings. The Kier molecular flexibility index (Phi) is 3.52. The maximum Gasteiger partial charge on any atom is 0.235 e. The molecule has 0 spiro atoms. The maximum absolute atomic E-state index is 4.38. The van der Waals surface area contributed by atoms with E-state index in [2.05, 4.69) is 47.0 Å². The van der Waals surface area contributed by atoms with Gasteiger partial charge in [0.25, 0.3) is 0 Å². The van der Waals surface area contributed by atoms with Gasteiger partial charge in [-0.05, 0) is 48.4 Å². The van der Waals surface area contributed by atoms with Gasteiger partial charge in [-0.2, -0.15) is 0 Å². The molecule has 0 radical (unpaired) electrons. The maximum atomic E-state index is 4.38. The van der Waals surface area contributed by atoms with Gasteiger partial charge in [0.15, 0.2) is 0 Å². The molecular weight excluding hydrogens is 284 g/mol. The first-order valence-electron chi connectivity index (χ1n) is 8.39. The molecule has 23 heavy (non-hydrogen) atoms. The van der Waals surface area contributed by atoms with Crippen LogP contribution >= 0.6 is 0 Å². The van der Waals surface area contributed by atoms with Gasteiger partial charge in [0, 0.05) is 12.4 Å². The molecule has 4 nitrogen and oxygen atoms in total. The summed E-state index contributed by atoms with van der Waals surface area (Å²) >= 11 is 0. The smallest absolute Gasteiger partial charge is 0.235 e. The summed E-state index contributed by atoms with van der Waals surface area (Å²) in [4.78, 5) is 10.8. The average molecular weight is 306 g/mol. The van der Waals surface area contributed by atoms with Crippen LogP contribution in [0.5, 0.6) is 0 Å². The molecule has 1 aromatic carbocycles. The van der Waals surface area contributed by atoms with E-state index in [1.165, 1.54) is 31.2 Å². The van der Waals surface area contributed by atoms with E-state index in [9.17, 15) is 0 Å². The highest BCUT2D eigenvalue weighted by Crippen LogP contribution is 2.43. The molecule has 118 valence electrons. The molecule has 1 aliphatic heterocycles. The average Bonchev–Trinajstić information content (AvgIpc) is 2.91. The summed E-state index contributed by atoms with van der Waals surface area (Å²) in [6.07, 6.45) is 8.77. The standard InChI is InChI=1S/C19H22N4/c1-13-4-6-15(7-5-13)16-8-9-17-18(12-16)23(14(2)22-17)19-20-10-3-11-21-19/h3,8-13,15,22H,2,4-7H2,1H3. The quantitative estimate of drug-likeness (QED) is 0.865. The van der Waals surface area contributed by atoms with Crippen molar-refractivity contribution < 1.29 is 0 Å². The van der Waals surface area contributed by atoms with Crippen LogP contribution in [0.1, 0.15) is 44.1 Å². The van der Waals surface area contributed by atoms with Gasteiger partial charge in [-0.1, -0.05) is 32.4 Å². The second kappa shape index (κ2) is 5.69. The van der Waals surface area contributed by atoms with Crippen molar-refractivity contribution in [3.8, 4) is 0 Å². The summed E-state index contributed by atoms with van der Waals surface area (Å²) in [5.74, 6) is 3.01. The summed E-state index contributed by atoms with van der Waals surface area (Å²) in [6.45, 7) is 6.48. The lowest BCUT2D eigenvalue weighted by Crippen LogP contribution is -2.16. The first kappa shape index (κ1) is 14.2. The van der Waals surface area contributed by atoms with Gasteiger partial charge in [0.05, 0.1) is 11.4 Å². The van der Waals surface area contributed by atoms with Crippen LogP contribution < -0.4 is 10.2 Å². The van der Waals surface area contributed by atoms with Crippen LogP contribution in [-0.2, 0) is 0 Å². The Hall–Kier alpha value is -2.36. The van der Waals surface area contributed by atoms with Crippen molar-refractivity contribution in [1.29, 1.82) is 0 Å². The van der Waals surface area contributed by atoms with Gasteiger partial charge in [0.2, 0.25) is 5.95 Å². The highest BCUT2D eigenvalue weighted by Gasteiger charge is 2.28. The first-order chi connectivity index (χ1) is 11.2. The second-order valence-electron chi connectivity index (χ2n) is 6.69. The van der Waals surface area contributed by atoms with Crippen LogP contribution in [0.15, 0.2) is 49.1 Å². The van der Waals surface area contributed by atoms with Crippen LogP contribution in [0, 0.1) is 5.92 Å². The normalized spacial score (nSPS) is 23.5. The summed E-state index contributed by atoms with van der Waals surface area (Å²) in [7, 11) is 0. The number of nitrogens with one attached hydrogen (secondary N) is 1. The van der Waals surface area contributed by atoms with Gasteiger partial charge in [0.1, 0.15) is 5.82 Å². The number of hydrogen-bond acceptors (Lipinski definition) is 4. The molecule has 2 aliphatic rings. The summed E-state index contributed by atoms with van der Waals surface area (Å²) in [5.41, 5.74) is 3.61. The number of anilines is 3. The van der Waals surface area contributed by atoms with Gasteiger partial charge in [-0.3, -0.25) is 4.90 Å². The van der Waals surface area contributed by atoms with E-state index in [-0.39, 0.29) is 0 Å². The largest absolute Gasteiger partial charge is 0.340 e. The lowest BCUT2D eigenvalue weighted by molar-refractivity contribution is 0.348. The molecule has 4 rings (SSSR count). The molecule has 1 aliphatic carbocycles. The Morgan fingerprint density at radius 2 is 1.87 bits per heavy atom. The molecule has 0 amide bonds. The molecule has 2 heterocycles. The number of aromatic nitrogens is 2. The molecule has 0 bridgehead atoms. The molecule has 1 fully saturated rings. The summed E-state index contributed by atoms with van der Waals surface area (Å²) in [5, 5.41) is 3.33. The van der Waals surface area contributed by atoms with Crippen molar-refractivity contribution in [3.05, 3.63) is 54.6 Å². The Bertz CT molecular complexity index is 717. The van der Waals surface area contributed by atoms with Crippen molar-refractivity contribution in [2.24, 2.45) is 5.92 Å². The van der Waals surface area contributed by atoms with Crippen LogP contribution in [0.25, 0.3) is 0 Å². The predicted molar refractivity (Wildman–Crippen MR) is 93.7 cm³/mol. The topological polar surface area (TPSA) is 41.0 Å². The molecule has 0 saturated heterocycles. The lowest BCUT2D eigenvalue weighted by Gasteiger charge is -2.27. The van der Waals surface area contributed by atoms with E-state index in [1.54, 1.807) is 12.4 Å². The minimum Gasteiger partial charge on any atom is -0.340 e. The van der Waals surface area contributed by atoms with Gasteiger partial charge in [-0.25, -0.2) is 9.97 Å². The van der Waals surface area contributed by atoms with Crippen molar-refractivity contribution >= 4 is 17.3 Å². The summed E-state index contributed by atoms with van der Waals surface area (Å²) in [6, 6.07) is 8.54. The zero-order valence-electron chi connectivity index (χ0n) is 13.5. The molecule has 0 unspecified atom stereocenters. The number of fused-ring (bicyclic) bond motifs is 1. The van der Waals surface area contributed by atoms with E-state index in [4.69, 9.17) is 0 Å². The molecule has 1 aromatic heterocycles. The minimum absolute atomic E-state index is 0.665. The summed E-state index contributed by atoms with van der Waals surface area (Å²) < 4.78 is 0. The molecule has 1 N–H and O–H groups in total. The highest BCUT2D eigenvalue weighted by molar-refractivity contribution is 5.85. The zero-order valence-corrected chi connectivity index (χ0v) is 13.5. The lowest BCUT2D eigenvalue weighted by atomic mass is 9.79. The fraction of sp³-hybridized carbons (Fsp3) is 0.368. The number of nitrogens with zero attached hydrogens (tertiary/aromatic N) is 3. The Morgan fingerprint density at radius 3 is 2.61 bits per heavy atom. The van der Waals surface area contributed by atoms with Crippen molar-refractivity contribution in [1.82, 2.24) is 9.97 Å². The third-order valence-corrected chi connectivity index (χ3v) is 5.05. The van der Waals surface area contributed by atoms with Crippen LogP contribution in [-0.4, -0.2) is 9.97 Å². The first-order valence-corrected chi connectivity index (χ1v) is 8.39. The fourth-order valence-corrected chi connectivity index (χ4v) is 3.68. The second-order valence-corrected chi connectivity index (χ2v) is 6.69.